The summed E-state index contributed by atoms with van der Waals surface area (Å²) in [6.07, 6.45) is 0.587. The third-order valence-corrected chi connectivity index (χ3v) is 7.28. The van der Waals surface area contributed by atoms with Crippen LogP contribution in [-0.4, -0.2) is 31.7 Å². The Kier molecular flexibility index (Phi) is 7.89. The summed E-state index contributed by atoms with van der Waals surface area (Å²) in [5.74, 6) is 0.686. The van der Waals surface area contributed by atoms with Crippen molar-refractivity contribution in [1.29, 1.82) is 0 Å². The lowest BCUT2D eigenvalue weighted by Gasteiger charge is -2.24. The molecule has 174 valence electrons. The summed E-state index contributed by atoms with van der Waals surface area (Å²) in [6.45, 7) is 7.34. The van der Waals surface area contributed by atoms with Gasteiger partial charge in [-0.1, -0.05) is 55.0 Å². The molecule has 0 unspecified atom stereocenters. The molecule has 7 heteroatoms. The second-order valence-electron chi connectivity index (χ2n) is 8.03. The van der Waals surface area contributed by atoms with Crippen molar-refractivity contribution in [1.82, 2.24) is 4.31 Å². The first-order valence-electron chi connectivity index (χ1n) is 10.9. The predicted molar refractivity (Wildman–Crippen MR) is 131 cm³/mol. The number of benzene rings is 3. The van der Waals surface area contributed by atoms with E-state index < -0.39 is 15.9 Å². The minimum Gasteiger partial charge on any atom is -0.455 e. The van der Waals surface area contributed by atoms with Crippen LogP contribution in [0.5, 0.6) is 11.5 Å². The molecule has 3 aromatic rings. The van der Waals surface area contributed by atoms with Gasteiger partial charge in [0.15, 0.2) is 5.75 Å². The normalized spacial score (nSPS) is 11.4. The van der Waals surface area contributed by atoms with Crippen LogP contribution in [0.3, 0.4) is 0 Å². The van der Waals surface area contributed by atoms with Crippen LogP contribution in [-0.2, 0) is 14.8 Å². The van der Waals surface area contributed by atoms with Gasteiger partial charge in [0.25, 0.3) is 0 Å². The summed E-state index contributed by atoms with van der Waals surface area (Å²) in [4.78, 5) is 13.2. The van der Waals surface area contributed by atoms with E-state index in [-0.39, 0.29) is 18.0 Å². The summed E-state index contributed by atoms with van der Waals surface area (Å²) >= 11 is 0. The predicted octanol–water partition coefficient (Wildman–Crippen LogP) is 5.44. The first kappa shape index (κ1) is 24.5. The van der Waals surface area contributed by atoms with Crippen molar-refractivity contribution in [3.8, 4) is 11.5 Å². The average Bonchev–Trinajstić information content (AvgIpc) is 2.74. The third kappa shape index (κ3) is 6.00. The molecule has 33 heavy (non-hydrogen) atoms. The number of ether oxygens (including phenoxy) is 1. The van der Waals surface area contributed by atoms with Crippen LogP contribution in [0, 0.1) is 20.8 Å². The lowest BCUT2D eigenvalue weighted by atomic mass is 10.1. The van der Waals surface area contributed by atoms with E-state index in [1.165, 1.54) is 4.31 Å². The fraction of sp³-hybridized carbons (Fsp3) is 0.269. The molecule has 6 nitrogen and oxygen atoms in total. The Morgan fingerprint density at radius 3 is 2.18 bits per heavy atom. The highest BCUT2D eigenvalue weighted by molar-refractivity contribution is 7.89. The molecule has 0 heterocycles. The Balaban J connectivity index is 1.82. The number of carbonyl (C=O) groups is 1. The molecule has 0 fully saturated rings. The standard InChI is InChI=1S/C26H30N2O4S/c1-5-15-28(33(30,31)26-20(3)16-19(2)17-21(26)4)18-25(29)27-23-13-9-10-14-24(23)32-22-11-7-6-8-12-22/h6-14,16-17H,5,15,18H2,1-4H3,(H,27,29). The van der Waals surface area contributed by atoms with Gasteiger partial charge in [0.05, 0.1) is 17.1 Å². The van der Waals surface area contributed by atoms with Crippen LogP contribution in [0.1, 0.15) is 30.0 Å². The molecule has 0 saturated carbocycles. The van der Waals surface area contributed by atoms with Crippen LogP contribution >= 0.6 is 0 Å². The fourth-order valence-electron chi connectivity index (χ4n) is 3.86. The van der Waals surface area contributed by atoms with Crippen LogP contribution in [0.4, 0.5) is 5.69 Å². The molecular weight excluding hydrogens is 436 g/mol. The van der Waals surface area contributed by atoms with Crippen molar-refractivity contribution in [3.05, 3.63) is 83.4 Å². The number of sulfonamides is 1. The molecular formula is C26H30N2O4S. The molecule has 3 rings (SSSR count). The van der Waals surface area contributed by atoms with Crippen molar-refractivity contribution >= 4 is 21.6 Å². The average molecular weight is 467 g/mol. The minimum absolute atomic E-state index is 0.241. The van der Waals surface area contributed by atoms with E-state index in [2.05, 4.69) is 5.32 Å². The number of nitrogens with one attached hydrogen (secondary N) is 1. The Morgan fingerprint density at radius 2 is 1.55 bits per heavy atom. The lowest BCUT2D eigenvalue weighted by molar-refractivity contribution is -0.116. The maximum atomic E-state index is 13.5. The number of anilines is 1. The van der Waals surface area contributed by atoms with E-state index >= 15 is 0 Å². The first-order valence-corrected chi connectivity index (χ1v) is 12.4. The number of nitrogens with zero attached hydrogens (tertiary/aromatic N) is 1. The van der Waals surface area contributed by atoms with Gasteiger partial charge in [-0.05, 0) is 62.6 Å². The molecule has 1 N–H and O–H groups in total. The monoisotopic (exact) mass is 466 g/mol. The molecule has 0 saturated heterocycles. The van der Waals surface area contributed by atoms with Gasteiger partial charge < -0.3 is 10.1 Å². The number of carbonyl (C=O) groups excluding carboxylic acids is 1. The van der Waals surface area contributed by atoms with E-state index in [1.54, 1.807) is 32.0 Å². The van der Waals surface area contributed by atoms with Gasteiger partial charge in [0, 0.05) is 6.54 Å². The van der Waals surface area contributed by atoms with Crippen molar-refractivity contribution in [2.75, 3.05) is 18.4 Å². The molecule has 0 aliphatic heterocycles. The van der Waals surface area contributed by atoms with E-state index in [0.717, 1.165) is 5.56 Å². The SMILES string of the molecule is CCCN(CC(=O)Nc1ccccc1Oc1ccccc1)S(=O)(=O)c1c(C)cc(C)cc1C. The highest BCUT2D eigenvalue weighted by Crippen LogP contribution is 2.30. The van der Waals surface area contributed by atoms with Gasteiger partial charge in [-0.15, -0.1) is 0 Å². The Hall–Kier alpha value is -3.16. The van der Waals surface area contributed by atoms with Crippen LogP contribution in [0.25, 0.3) is 0 Å². The Morgan fingerprint density at radius 1 is 0.939 bits per heavy atom. The molecule has 0 bridgehead atoms. The van der Waals surface area contributed by atoms with Gasteiger partial charge in [-0.2, -0.15) is 4.31 Å². The fourth-order valence-corrected chi connectivity index (χ4v) is 5.76. The Bertz CT molecular complexity index is 1200. The molecule has 0 spiro atoms. The summed E-state index contributed by atoms with van der Waals surface area (Å²) in [6, 6.07) is 20.0. The van der Waals surface area contributed by atoms with Gasteiger partial charge in [-0.3, -0.25) is 4.79 Å². The second-order valence-corrected chi connectivity index (χ2v) is 9.90. The minimum atomic E-state index is -3.85. The van der Waals surface area contributed by atoms with Crippen LogP contribution in [0.15, 0.2) is 71.6 Å². The number of hydrogen-bond donors (Lipinski definition) is 1. The van der Waals surface area contributed by atoms with Crippen LogP contribution < -0.4 is 10.1 Å². The summed E-state index contributed by atoms with van der Waals surface area (Å²) in [5.41, 5.74) is 2.83. The molecule has 0 aliphatic carbocycles. The number of hydrogen-bond acceptors (Lipinski definition) is 4. The molecule has 0 radical (unpaired) electrons. The molecule has 1 amide bonds. The van der Waals surface area contributed by atoms with Gasteiger partial charge in [0.2, 0.25) is 15.9 Å². The van der Waals surface area contributed by atoms with Gasteiger partial charge in [0.1, 0.15) is 5.75 Å². The van der Waals surface area contributed by atoms with Gasteiger partial charge in [-0.25, -0.2) is 8.42 Å². The quantitative estimate of drug-likeness (QED) is 0.455. The third-order valence-electron chi connectivity index (χ3n) is 5.13. The van der Waals surface area contributed by atoms with Crippen molar-refractivity contribution in [3.63, 3.8) is 0 Å². The number of rotatable bonds is 9. The molecule has 3 aromatic carbocycles. The maximum absolute atomic E-state index is 13.5. The maximum Gasteiger partial charge on any atom is 0.244 e. The second kappa shape index (κ2) is 10.6. The highest BCUT2D eigenvalue weighted by Gasteiger charge is 2.29. The van der Waals surface area contributed by atoms with Crippen molar-refractivity contribution < 1.29 is 17.9 Å². The van der Waals surface area contributed by atoms with E-state index in [0.29, 0.717) is 34.7 Å². The number of para-hydroxylation sites is 3. The lowest BCUT2D eigenvalue weighted by Crippen LogP contribution is -2.39. The van der Waals surface area contributed by atoms with E-state index in [4.69, 9.17) is 4.74 Å². The topological polar surface area (TPSA) is 75.7 Å². The van der Waals surface area contributed by atoms with Gasteiger partial charge >= 0.3 is 0 Å². The van der Waals surface area contributed by atoms with Crippen molar-refractivity contribution in [2.24, 2.45) is 0 Å². The first-order chi connectivity index (χ1) is 15.7. The largest absolute Gasteiger partial charge is 0.455 e. The highest BCUT2D eigenvalue weighted by atomic mass is 32.2. The zero-order chi connectivity index (χ0) is 24.0. The smallest absolute Gasteiger partial charge is 0.244 e. The summed E-state index contributed by atoms with van der Waals surface area (Å²) < 4.78 is 34.1. The summed E-state index contributed by atoms with van der Waals surface area (Å²) in [7, 11) is -3.85. The molecule has 0 atom stereocenters. The van der Waals surface area contributed by atoms with Crippen LogP contribution in [0.2, 0.25) is 0 Å². The molecule has 0 aliphatic rings. The van der Waals surface area contributed by atoms with Crippen molar-refractivity contribution in [2.45, 2.75) is 39.0 Å². The Labute approximate surface area is 196 Å². The molecule has 0 aromatic heterocycles. The van der Waals surface area contributed by atoms with E-state index in [1.807, 2.05) is 62.4 Å². The number of amides is 1. The summed E-state index contributed by atoms with van der Waals surface area (Å²) in [5, 5.41) is 2.81. The zero-order valence-electron chi connectivity index (χ0n) is 19.5. The zero-order valence-corrected chi connectivity index (χ0v) is 20.3. The number of aryl methyl sites for hydroxylation is 3. The van der Waals surface area contributed by atoms with E-state index in [9.17, 15) is 13.2 Å².